The molecule has 1 N–H and O–H groups in total. The van der Waals surface area contributed by atoms with E-state index in [2.05, 4.69) is 48.3 Å². The van der Waals surface area contributed by atoms with Gasteiger partial charge in [-0.15, -0.1) is 0 Å². The van der Waals surface area contributed by atoms with E-state index in [0.717, 1.165) is 16.7 Å². The molecule has 2 heterocycles. The number of rotatable bonds is 1. The Balaban J connectivity index is 2.25. The molecular formula is C18H15NO. The number of nitrogens with one attached hydrogen (secondary N) is 1. The molecule has 0 radical (unpaired) electrons. The highest BCUT2D eigenvalue weighted by atomic mass is 16.3. The third kappa shape index (κ3) is 1.39. The van der Waals surface area contributed by atoms with E-state index in [4.69, 9.17) is 4.42 Å². The Kier molecular flexibility index (Phi) is 2.27. The van der Waals surface area contributed by atoms with Gasteiger partial charge in [-0.1, -0.05) is 24.3 Å². The van der Waals surface area contributed by atoms with Crippen LogP contribution in [0.4, 0.5) is 0 Å². The largest absolute Gasteiger partial charge is 0.456 e. The molecule has 0 spiro atoms. The van der Waals surface area contributed by atoms with Crippen LogP contribution in [0.3, 0.4) is 0 Å². The average Bonchev–Trinajstić information content (AvgIpc) is 2.98. The van der Waals surface area contributed by atoms with E-state index < -0.39 is 0 Å². The zero-order chi connectivity index (χ0) is 13.7. The Morgan fingerprint density at radius 1 is 1.00 bits per heavy atom. The molecule has 2 aromatic heterocycles. The minimum atomic E-state index is 0.937. The van der Waals surface area contributed by atoms with Crippen LogP contribution in [0.1, 0.15) is 18.2 Å². The molecule has 2 heteroatoms. The van der Waals surface area contributed by atoms with Crippen LogP contribution >= 0.6 is 0 Å². The summed E-state index contributed by atoms with van der Waals surface area (Å²) >= 11 is 0. The zero-order valence-corrected chi connectivity index (χ0v) is 11.5. The van der Waals surface area contributed by atoms with E-state index in [1.165, 1.54) is 27.4 Å². The number of hydrogen-bond donors (Lipinski definition) is 1. The van der Waals surface area contributed by atoms with Crippen LogP contribution in [-0.2, 0) is 0 Å². The second-order valence-corrected chi connectivity index (χ2v) is 5.12. The molecular weight excluding hydrogens is 246 g/mol. The first-order valence-electron chi connectivity index (χ1n) is 6.85. The van der Waals surface area contributed by atoms with Crippen molar-refractivity contribution >= 4 is 38.9 Å². The van der Waals surface area contributed by atoms with Crippen LogP contribution in [0.2, 0.25) is 0 Å². The number of para-hydroxylation sites is 1. The Hall–Kier alpha value is -2.48. The smallest absolute Gasteiger partial charge is 0.137 e. The number of aryl methyl sites for hydroxylation is 1. The Morgan fingerprint density at radius 2 is 1.85 bits per heavy atom. The number of H-pyrrole nitrogens is 1. The molecule has 0 unspecified atom stereocenters. The molecule has 4 aromatic rings. The normalized spacial score (nSPS) is 12.3. The molecule has 2 aromatic carbocycles. The number of aromatic nitrogens is 1. The van der Waals surface area contributed by atoms with Gasteiger partial charge in [0.15, 0.2) is 0 Å². The summed E-state index contributed by atoms with van der Waals surface area (Å²) in [7, 11) is 0. The molecule has 0 aliphatic rings. The number of hydrogen-bond acceptors (Lipinski definition) is 1. The molecule has 0 atom stereocenters. The minimum Gasteiger partial charge on any atom is -0.456 e. The lowest BCUT2D eigenvalue weighted by molar-refractivity contribution is 0.669. The monoisotopic (exact) mass is 261 g/mol. The summed E-state index contributed by atoms with van der Waals surface area (Å²) in [4.78, 5) is 3.54. The number of benzene rings is 2. The molecule has 20 heavy (non-hydrogen) atoms. The molecule has 0 bridgehead atoms. The first kappa shape index (κ1) is 11.4. The fraction of sp³-hybridized carbons (Fsp3) is 0.111. The van der Waals surface area contributed by atoms with Gasteiger partial charge in [0.05, 0.1) is 10.9 Å². The standard InChI is InChI=1S/C18H15NO/c1-3-6-14-11(2)12-9-10-16-17(18(12)19-14)13-7-4-5-8-15(13)20-16/h3-10,19H,1-2H3/b6-3-. The van der Waals surface area contributed by atoms with Crippen molar-refractivity contribution in [3.63, 3.8) is 0 Å². The summed E-state index contributed by atoms with van der Waals surface area (Å²) in [6.07, 6.45) is 4.17. The van der Waals surface area contributed by atoms with Gasteiger partial charge in [-0.25, -0.2) is 0 Å². The van der Waals surface area contributed by atoms with Gasteiger partial charge in [-0.2, -0.15) is 0 Å². The van der Waals surface area contributed by atoms with Gasteiger partial charge in [-0.3, -0.25) is 0 Å². The van der Waals surface area contributed by atoms with Crippen LogP contribution in [0.15, 0.2) is 46.9 Å². The van der Waals surface area contributed by atoms with Crippen molar-refractivity contribution in [2.75, 3.05) is 0 Å². The summed E-state index contributed by atoms with van der Waals surface area (Å²) in [6.45, 7) is 4.19. The first-order chi connectivity index (χ1) is 9.79. The quantitative estimate of drug-likeness (QED) is 0.487. The first-order valence-corrected chi connectivity index (χ1v) is 6.85. The zero-order valence-electron chi connectivity index (χ0n) is 11.5. The van der Waals surface area contributed by atoms with Gasteiger partial charge in [-0.05, 0) is 43.7 Å². The van der Waals surface area contributed by atoms with Gasteiger partial charge in [0.25, 0.3) is 0 Å². The number of furan rings is 1. The third-order valence-corrected chi connectivity index (χ3v) is 3.94. The summed E-state index contributed by atoms with van der Waals surface area (Å²) in [5.74, 6) is 0. The lowest BCUT2D eigenvalue weighted by atomic mass is 10.1. The third-order valence-electron chi connectivity index (χ3n) is 3.94. The number of fused-ring (bicyclic) bond motifs is 5. The average molecular weight is 261 g/mol. The maximum Gasteiger partial charge on any atom is 0.137 e. The van der Waals surface area contributed by atoms with E-state index >= 15 is 0 Å². The molecule has 4 rings (SSSR count). The van der Waals surface area contributed by atoms with Gasteiger partial charge in [0.1, 0.15) is 11.2 Å². The van der Waals surface area contributed by atoms with Crippen LogP contribution in [0.5, 0.6) is 0 Å². The molecule has 2 nitrogen and oxygen atoms in total. The lowest BCUT2D eigenvalue weighted by Gasteiger charge is -1.93. The molecule has 0 fully saturated rings. The van der Waals surface area contributed by atoms with E-state index in [-0.39, 0.29) is 0 Å². The van der Waals surface area contributed by atoms with Crippen molar-refractivity contribution in [3.05, 3.63) is 53.7 Å². The van der Waals surface area contributed by atoms with Gasteiger partial charge < -0.3 is 9.40 Å². The Labute approximate surface area is 116 Å². The summed E-state index contributed by atoms with van der Waals surface area (Å²) in [5, 5.41) is 3.61. The van der Waals surface area contributed by atoms with Crippen LogP contribution in [0, 0.1) is 6.92 Å². The van der Waals surface area contributed by atoms with Crippen LogP contribution < -0.4 is 0 Å². The molecule has 0 aliphatic carbocycles. The Morgan fingerprint density at radius 3 is 2.70 bits per heavy atom. The summed E-state index contributed by atoms with van der Waals surface area (Å²) in [6, 6.07) is 12.4. The molecule has 98 valence electrons. The summed E-state index contributed by atoms with van der Waals surface area (Å²) < 4.78 is 5.93. The fourth-order valence-electron chi connectivity index (χ4n) is 2.97. The highest BCUT2D eigenvalue weighted by Gasteiger charge is 2.13. The van der Waals surface area contributed by atoms with Crippen molar-refractivity contribution < 1.29 is 4.42 Å². The molecule has 0 saturated heterocycles. The maximum atomic E-state index is 5.93. The van der Waals surface area contributed by atoms with Crippen molar-refractivity contribution in [2.24, 2.45) is 0 Å². The lowest BCUT2D eigenvalue weighted by Crippen LogP contribution is -1.73. The van der Waals surface area contributed by atoms with Crippen molar-refractivity contribution in [1.29, 1.82) is 0 Å². The molecule has 0 amide bonds. The van der Waals surface area contributed by atoms with Crippen LogP contribution in [0.25, 0.3) is 38.9 Å². The number of allylic oxidation sites excluding steroid dienone is 1. The maximum absolute atomic E-state index is 5.93. The van der Waals surface area contributed by atoms with E-state index in [1.807, 2.05) is 19.1 Å². The van der Waals surface area contributed by atoms with Gasteiger partial charge in [0, 0.05) is 16.5 Å². The predicted molar refractivity (Wildman–Crippen MR) is 85.0 cm³/mol. The van der Waals surface area contributed by atoms with E-state index in [1.54, 1.807) is 0 Å². The molecule has 0 aliphatic heterocycles. The minimum absolute atomic E-state index is 0.937. The number of aromatic amines is 1. The van der Waals surface area contributed by atoms with Crippen molar-refractivity contribution in [3.8, 4) is 0 Å². The fourth-order valence-corrected chi connectivity index (χ4v) is 2.97. The topological polar surface area (TPSA) is 28.9 Å². The summed E-state index contributed by atoms with van der Waals surface area (Å²) in [5.41, 5.74) is 5.49. The van der Waals surface area contributed by atoms with E-state index in [9.17, 15) is 0 Å². The van der Waals surface area contributed by atoms with E-state index in [0.29, 0.717) is 0 Å². The van der Waals surface area contributed by atoms with Crippen molar-refractivity contribution in [1.82, 2.24) is 4.98 Å². The van der Waals surface area contributed by atoms with Gasteiger partial charge in [0.2, 0.25) is 0 Å². The second kappa shape index (κ2) is 4.01. The SMILES string of the molecule is C/C=C\c1[nH]c2c(ccc3oc4ccccc4c32)c1C. The Bertz CT molecular complexity index is 969. The predicted octanol–water partition coefficient (Wildman–Crippen LogP) is 5.41. The van der Waals surface area contributed by atoms with Crippen LogP contribution in [-0.4, -0.2) is 4.98 Å². The van der Waals surface area contributed by atoms with Gasteiger partial charge >= 0.3 is 0 Å². The molecule has 0 saturated carbocycles. The second-order valence-electron chi connectivity index (χ2n) is 5.12. The highest BCUT2D eigenvalue weighted by molar-refractivity contribution is 6.18. The highest BCUT2D eigenvalue weighted by Crippen LogP contribution is 2.36. The van der Waals surface area contributed by atoms with Crippen molar-refractivity contribution in [2.45, 2.75) is 13.8 Å².